The van der Waals surface area contributed by atoms with Crippen LogP contribution in [0.1, 0.15) is 25.0 Å². The van der Waals surface area contributed by atoms with Crippen LogP contribution in [-0.2, 0) is 12.8 Å². The molecule has 0 spiro atoms. The number of anilines is 2. The Hall–Kier alpha value is -3.52. The van der Waals surface area contributed by atoms with Crippen LogP contribution in [0.5, 0.6) is 0 Å². The molecule has 0 atom stereocenters. The van der Waals surface area contributed by atoms with Gasteiger partial charge in [-0.2, -0.15) is 0 Å². The van der Waals surface area contributed by atoms with Gasteiger partial charge >= 0.3 is 0 Å². The monoisotopic (exact) mass is 392 g/mol. The third kappa shape index (κ3) is 3.69. The molecule has 2 heteroatoms. The van der Waals surface area contributed by atoms with Crippen LogP contribution in [0.3, 0.4) is 0 Å². The molecule has 30 heavy (non-hydrogen) atoms. The number of nitrogen functional groups attached to an aromatic ring is 2. The molecule has 0 unspecified atom stereocenters. The zero-order valence-electron chi connectivity index (χ0n) is 17.7. The van der Waals surface area contributed by atoms with Crippen molar-refractivity contribution in [3.05, 3.63) is 96.1 Å². The summed E-state index contributed by atoms with van der Waals surface area (Å²) in [6.07, 6.45) is 1.94. The van der Waals surface area contributed by atoms with Crippen molar-refractivity contribution in [2.75, 3.05) is 11.5 Å². The Morgan fingerprint density at radius 3 is 1.27 bits per heavy atom. The lowest BCUT2D eigenvalue weighted by atomic mass is 9.86. The van der Waals surface area contributed by atoms with Crippen LogP contribution in [-0.4, -0.2) is 0 Å². The van der Waals surface area contributed by atoms with E-state index < -0.39 is 0 Å². The summed E-state index contributed by atoms with van der Waals surface area (Å²) < 4.78 is 0. The van der Waals surface area contributed by atoms with Gasteiger partial charge < -0.3 is 11.5 Å². The highest BCUT2D eigenvalue weighted by Crippen LogP contribution is 2.41. The quantitative estimate of drug-likeness (QED) is 0.360. The summed E-state index contributed by atoms with van der Waals surface area (Å²) in [5.41, 5.74) is 23.8. The van der Waals surface area contributed by atoms with Crippen molar-refractivity contribution >= 4 is 11.4 Å². The molecule has 4 rings (SSSR count). The lowest BCUT2D eigenvalue weighted by Gasteiger charge is -2.19. The van der Waals surface area contributed by atoms with E-state index in [4.69, 9.17) is 11.5 Å². The number of benzene rings is 4. The van der Waals surface area contributed by atoms with E-state index in [0.717, 1.165) is 35.3 Å². The van der Waals surface area contributed by atoms with Crippen molar-refractivity contribution in [1.82, 2.24) is 0 Å². The van der Waals surface area contributed by atoms with Crippen molar-refractivity contribution in [3.8, 4) is 33.4 Å². The van der Waals surface area contributed by atoms with Gasteiger partial charge in [-0.15, -0.1) is 0 Å². The first-order valence-electron chi connectivity index (χ1n) is 10.6. The fraction of sp³-hybridized carbons (Fsp3) is 0.143. The average molecular weight is 393 g/mol. The van der Waals surface area contributed by atoms with Gasteiger partial charge in [0.05, 0.1) is 0 Å². The van der Waals surface area contributed by atoms with Crippen molar-refractivity contribution in [2.24, 2.45) is 0 Å². The highest BCUT2D eigenvalue weighted by Gasteiger charge is 2.16. The predicted molar refractivity (Wildman–Crippen MR) is 130 cm³/mol. The van der Waals surface area contributed by atoms with Crippen molar-refractivity contribution < 1.29 is 0 Å². The van der Waals surface area contributed by atoms with Gasteiger partial charge in [0.25, 0.3) is 0 Å². The maximum absolute atomic E-state index is 6.23. The molecule has 0 aliphatic heterocycles. The van der Waals surface area contributed by atoms with Gasteiger partial charge in [0, 0.05) is 11.4 Å². The van der Waals surface area contributed by atoms with E-state index >= 15 is 0 Å². The van der Waals surface area contributed by atoms with Crippen molar-refractivity contribution in [2.45, 2.75) is 26.7 Å². The molecular weight excluding hydrogens is 364 g/mol. The average Bonchev–Trinajstić information content (AvgIpc) is 2.79. The fourth-order valence-electron chi connectivity index (χ4n) is 4.22. The normalized spacial score (nSPS) is 10.9. The van der Waals surface area contributed by atoms with Crippen LogP contribution in [0.15, 0.2) is 84.9 Å². The van der Waals surface area contributed by atoms with E-state index in [1.54, 1.807) is 0 Å². The maximum Gasteiger partial charge on any atom is 0.0320 e. The minimum atomic E-state index is 0.769. The van der Waals surface area contributed by atoms with Gasteiger partial charge in [0.1, 0.15) is 0 Å². The van der Waals surface area contributed by atoms with Crippen LogP contribution < -0.4 is 11.5 Å². The van der Waals surface area contributed by atoms with E-state index in [2.05, 4.69) is 86.6 Å². The Morgan fingerprint density at radius 2 is 0.867 bits per heavy atom. The summed E-state index contributed by atoms with van der Waals surface area (Å²) in [7, 11) is 0. The Bertz CT molecular complexity index is 1100. The molecule has 0 aromatic heterocycles. The van der Waals surface area contributed by atoms with Gasteiger partial charge in [-0.3, -0.25) is 0 Å². The van der Waals surface area contributed by atoms with Gasteiger partial charge in [-0.05, 0) is 81.6 Å². The molecule has 4 aromatic carbocycles. The number of hydrogen-bond donors (Lipinski definition) is 2. The second kappa shape index (κ2) is 8.46. The molecule has 0 bridgehead atoms. The highest BCUT2D eigenvalue weighted by atomic mass is 14.5. The van der Waals surface area contributed by atoms with Gasteiger partial charge in [-0.1, -0.05) is 74.5 Å². The summed E-state index contributed by atoms with van der Waals surface area (Å²) in [6.45, 7) is 4.38. The lowest BCUT2D eigenvalue weighted by Crippen LogP contribution is -1.97. The first-order valence-corrected chi connectivity index (χ1v) is 10.6. The van der Waals surface area contributed by atoms with Crippen LogP contribution in [0.25, 0.3) is 33.4 Å². The van der Waals surface area contributed by atoms with E-state index in [0.29, 0.717) is 0 Å². The lowest BCUT2D eigenvalue weighted by molar-refractivity contribution is 1.14. The Kier molecular flexibility index (Phi) is 5.58. The molecule has 0 fully saturated rings. The number of hydrogen-bond acceptors (Lipinski definition) is 2. The zero-order chi connectivity index (χ0) is 21.1. The zero-order valence-corrected chi connectivity index (χ0v) is 17.7. The van der Waals surface area contributed by atoms with Gasteiger partial charge in [0.2, 0.25) is 0 Å². The minimum absolute atomic E-state index is 0.769. The molecule has 0 heterocycles. The summed E-state index contributed by atoms with van der Waals surface area (Å²) in [4.78, 5) is 0. The van der Waals surface area contributed by atoms with E-state index in [-0.39, 0.29) is 0 Å². The molecule has 0 saturated carbocycles. The molecule has 2 nitrogen and oxygen atoms in total. The molecule has 0 radical (unpaired) electrons. The van der Waals surface area contributed by atoms with Gasteiger partial charge in [0.15, 0.2) is 0 Å². The topological polar surface area (TPSA) is 52.0 Å². The molecule has 4 aromatic rings. The molecule has 0 amide bonds. The summed E-state index contributed by atoms with van der Waals surface area (Å²) in [5.74, 6) is 0. The predicted octanol–water partition coefficient (Wildman–Crippen LogP) is 6.98. The van der Waals surface area contributed by atoms with Gasteiger partial charge in [-0.25, -0.2) is 0 Å². The van der Waals surface area contributed by atoms with Crippen LogP contribution >= 0.6 is 0 Å². The van der Waals surface area contributed by atoms with E-state index in [9.17, 15) is 0 Å². The third-order valence-corrected chi connectivity index (χ3v) is 5.75. The standard InChI is InChI=1S/C28H28N2/c1-3-19-9-5-7-11-23(19)27-17-21(29)13-15-25(27)26-16-14-22(30)18-28(26)24-12-8-6-10-20(24)4-2/h5-18H,3-4,29-30H2,1-2H3. The van der Waals surface area contributed by atoms with E-state index in [1.807, 2.05) is 12.1 Å². The molecule has 150 valence electrons. The Morgan fingerprint density at radius 1 is 0.467 bits per heavy atom. The molecule has 0 saturated heterocycles. The Balaban J connectivity index is 2.02. The molecule has 4 N–H and O–H groups in total. The first kappa shape index (κ1) is 19.8. The molecular formula is C28H28N2. The summed E-state index contributed by atoms with van der Waals surface area (Å²) >= 11 is 0. The number of rotatable bonds is 5. The smallest absolute Gasteiger partial charge is 0.0320 e. The largest absolute Gasteiger partial charge is 0.399 e. The van der Waals surface area contributed by atoms with Crippen LogP contribution in [0.4, 0.5) is 11.4 Å². The minimum Gasteiger partial charge on any atom is -0.399 e. The van der Waals surface area contributed by atoms with E-state index in [1.165, 1.54) is 33.4 Å². The molecule has 0 aliphatic rings. The van der Waals surface area contributed by atoms with Crippen LogP contribution in [0, 0.1) is 0 Å². The second-order valence-electron chi connectivity index (χ2n) is 7.63. The second-order valence-corrected chi connectivity index (χ2v) is 7.63. The summed E-state index contributed by atoms with van der Waals surface area (Å²) in [5, 5.41) is 0. The Labute approximate surface area is 179 Å². The summed E-state index contributed by atoms with van der Waals surface area (Å²) in [6, 6.07) is 29.6. The number of aryl methyl sites for hydroxylation is 2. The van der Waals surface area contributed by atoms with Crippen molar-refractivity contribution in [3.63, 3.8) is 0 Å². The third-order valence-electron chi connectivity index (χ3n) is 5.75. The number of nitrogens with two attached hydrogens (primary N) is 2. The SMILES string of the molecule is CCc1ccccc1-c1cc(N)ccc1-c1ccc(N)cc1-c1ccccc1CC. The van der Waals surface area contributed by atoms with Crippen molar-refractivity contribution in [1.29, 1.82) is 0 Å². The van der Waals surface area contributed by atoms with Crippen LogP contribution in [0.2, 0.25) is 0 Å². The molecule has 0 aliphatic carbocycles. The first-order chi connectivity index (χ1) is 14.6. The maximum atomic E-state index is 6.23. The fourth-order valence-corrected chi connectivity index (χ4v) is 4.22. The highest BCUT2D eigenvalue weighted by molar-refractivity contribution is 5.94.